The van der Waals surface area contributed by atoms with Crippen LogP contribution in [0, 0.1) is 13.8 Å². The third kappa shape index (κ3) is 2.48. The van der Waals surface area contributed by atoms with Gasteiger partial charge in [-0.1, -0.05) is 43.3 Å². The van der Waals surface area contributed by atoms with E-state index in [9.17, 15) is 15.0 Å². The number of fused-ring (bicyclic) bond motifs is 1. The fourth-order valence-electron chi connectivity index (χ4n) is 4.09. The maximum atomic E-state index is 13.5. The van der Waals surface area contributed by atoms with Crippen LogP contribution in [-0.4, -0.2) is 16.1 Å². The number of hydrogen-bond acceptors (Lipinski definition) is 3. The first-order valence-electron chi connectivity index (χ1n) is 9.43. The molecule has 3 aromatic rings. The normalized spacial score (nSPS) is 14.6. The van der Waals surface area contributed by atoms with Gasteiger partial charge < -0.3 is 15.5 Å². The number of phenols is 2. The van der Waals surface area contributed by atoms with Crippen LogP contribution in [0.25, 0.3) is 0 Å². The summed E-state index contributed by atoms with van der Waals surface area (Å²) >= 11 is 0. The van der Waals surface area contributed by atoms with Crippen molar-refractivity contribution in [1.82, 2.24) is 0 Å². The monoisotopic (exact) mass is 373 g/mol. The lowest BCUT2D eigenvalue weighted by Crippen LogP contribution is -2.37. The number of carbonyl (C=O) groups excluding carboxylic acids is 1. The second kappa shape index (κ2) is 6.41. The molecule has 28 heavy (non-hydrogen) atoms. The van der Waals surface area contributed by atoms with Gasteiger partial charge in [0.05, 0.1) is 0 Å². The first kappa shape index (κ1) is 18.1. The van der Waals surface area contributed by atoms with E-state index in [1.807, 2.05) is 38.1 Å². The van der Waals surface area contributed by atoms with Crippen LogP contribution >= 0.6 is 0 Å². The Hall–Kier alpha value is -3.27. The maximum Gasteiger partial charge on any atom is 0.244 e. The van der Waals surface area contributed by atoms with Crippen LogP contribution in [0.2, 0.25) is 0 Å². The van der Waals surface area contributed by atoms with Crippen LogP contribution < -0.4 is 5.32 Å². The Kier molecular flexibility index (Phi) is 4.15. The van der Waals surface area contributed by atoms with Crippen LogP contribution in [0.4, 0.5) is 5.69 Å². The minimum Gasteiger partial charge on any atom is -0.508 e. The van der Waals surface area contributed by atoms with Crippen molar-refractivity contribution < 1.29 is 15.0 Å². The molecule has 0 aliphatic carbocycles. The topological polar surface area (TPSA) is 69.6 Å². The SMILES string of the molecule is CCc1ccc2c(c1)C(c1ccc(O)c(C)c1)(c1ccc(O)c(C)c1)C(=O)N2. The number of benzene rings is 3. The van der Waals surface area contributed by atoms with Gasteiger partial charge in [-0.05, 0) is 66.3 Å². The average molecular weight is 373 g/mol. The average Bonchev–Trinajstić information content (AvgIpc) is 2.98. The highest BCUT2D eigenvalue weighted by Gasteiger charge is 2.50. The third-order valence-electron chi connectivity index (χ3n) is 5.74. The molecule has 0 saturated carbocycles. The van der Waals surface area contributed by atoms with Gasteiger partial charge >= 0.3 is 0 Å². The van der Waals surface area contributed by atoms with Crippen molar-refractivity contribution in [2.24, 2.45) is 0 Å². The lowest BCUT2D eigenvalue weighted by atomic mass is 9.69. The maximum absolute atomic E-state index is 13.5. The highest BCUT2D eigenvalue weighted by Crippen LogP contribution is 2.49. The number of hydrogen-bond donors (Lipinski definition) is 3. The van der Waals surface area contributed by atoms with Gasteiger partial charge in [-0.2, -0.15) is 0 Å². The first-order chi connectivity index (χ1) is 13.4. The van der Waals surface area contributed by atoms with E-state index < -0.39 is 5.41 Å². The van der Waals surface area contributed by atoms with Gasteiger partial charge in [-0.3, -0.25) is 4.79 Å². The Morgan fingerprint density at radius 3 is 1.93 bits per heavy atom. The zero-order valence-electron chi connectivity index (χ0n) is 16.2. The second-order valence-electron chi connectivity index (χ2n) is 7.44. The molecule has 4 nitrogen and oxygen atoms in total. The lowest BCUT2D eigenvalue weighted by Gasteiger charge is -2.30. The molecular weight excluding hydrogens is 350 g/mol. The van der Waals surface area contributed by atoms with Crippen molar-refractivity contribution in [3.63, 3.8) is 0 Å². The standard InChI is InChI=1S/C24H23NO3/c1-4-16-5-8-20-19(13-16)24(23(28)25-20,17-6-9-21(26)14(2)11-17)18-7-10-22(27)15(3)12-18/h5-13,26-27H,4H2,1-3H3,(H,25,28). The molecule has 1 aliphatic heterocycles. The van der Waals surface area contributed by atoms with Gasteiger partial charge in [0.15, 0.2) is 0 Å². The van der Waals surface area contributed by atoms with E-state index in [-0.39, 0.29) is 17.4 Å². The number of nitrogens with one attached hydrogen (secondary N) is 1. The van der Waals surface area contributed by atoms with Gasteiger partial charge in [0.25, 0.3) is 0 Å². The molecule has 0 spiro atoms. The molecule has 0 bridgehead atoms. The van der Waals surface area contributed by atoms with E-state index in [1.165, 1.54) is 0 Å². The molecule has 3 N–H and O–H groups in total. The molecule has 1 aliphatic rings. The molecule has 4 rings (SSSR count). The van der Waals surface area contributed by atoms with E-state index in [4.69, 9.17) is 0 Å². The summed E-state index contributed by atoms with van der Waals surface area (Å²) in [6.45, 7) is 5.73. The first-order valence-corrected chi connectivity index (χ1v) is 9.43. The summed E-state index contributed by atoms with van der Waals surface area (Å²) in [6.07, 6.45) is 0.862. The van der Waals surface area contributed by atoms with Crippen LogP contribution in [0.3, 0.4) is 0 Å². The van der Waals surface area contributed by atoms with Crippen molar-refractivity contribution in [3.05, 3.63) is 88.0 Å². The smallest absolute Gasteiger partial charge is 0.244 e. The van der Waals surface area contributed by atoms with Crippen LogP contribution in [-0.2, 0) is 16.6 Å². The predicted octanol–water partition coefficient (Wildman–Crippen LogP) is 4.56. The number of aryl methyl sites for hydroxylation is 3. The molecule has 1 amide bonds. The van der Waals surface area contributed by atoms with Gasteiger partial charge in [0, 0.05) is 11.3 Å². The Labute approximate surface area is 164 Å². The highest BCUT2D eigenvalue weighted by atomic mass is 16.3. The minimum atomic E-state index is -1.04. The van der Waals surface area contributed by atoms with Crippen LogP contribution in [0.15, 0.2) is 54.6 Å². The van der Waals surface area contributed by atoms with E-state index in [0.29, 0.717) is 11.1 Å². The van der Waals surface area contributed by atoms with Crippen molar-refractivity contribution >= 4 is 11.6 Å². The van der Waals surface area contributed by atoms with Crippen molar-refractivity contribution in [2.75, 3.05) is 5.32 Å². The second-order valence-corrected chi connectivity index (χ2v) is 7.44. The summed E-state index contributed by atoms with van der Waals surface area (Å²) in [4.78, 5) is 13.5. The molecular formula is C24H23NO3. The number of aromatic hydroxyl groups is 2. The number of anilines is 1. The van der Waals surface area contributed by atoms with E-state index in [2.05, 4.69) is 18.3 Å². The molecule has 142 valence electrons. The molecule has 4 heteroatoms. The molecule has 0 radical (unpaired) electrons. The molecule has 0 unspecified atom stereocenters. The van der Waals surface area contributed by atoms with E-state index >= 15 is 0 Å². The summed E-state index contributed by atoms with van der Waals surface area (Å²) in [5.74, 6) is 0.259. The van der Waals surface area contributed by atoms with Crippen molar-refractivity contribution in [2.45, 2.75) is 32.6 Å². The Morgan fingerprint density at radius 2 is 1.43 bits per heavy atom. The van der Waals surface area contributed by atoms with Gasteiger partial charge in [0.2, 0.25) is 5.91 Å². The van der Waals surface area contributed by atoms with Gasteiger partial charge in [0.1, 0.15) is 16.9 Å². The Balaban J connectivity index is 2.10. The number of carbonyl (C=O) groups is 1. The number of phenolic OH excluding ortho intramolecular Hbond substituents is 2. The third-order valence-corrected chi connectivity index (χ3v) is 5.74. The summed E-state index contributed by atoms with van der Waals surface area (Å²) < 4.78 is 0. The molecule has 0 saturated heterocycles. The number of rotatable bonds is 3. The zero-order chi connectivity index (χ0) is 20.1. The quantitative estimate of drug-likeness (QED) is 0.630. The molecule has 1 heterocycles. The van der Waals surface area contributed by atoms with E-state index in [1.54, 1.807) is 24.3 Å². The summed E-state index contributed by atoms with van der Waals surface area (Å²) in [7, 11) is 0. The minimum absolute atomic E-state index is 0.133. The molecule has 0 aromatic heterocycles. The van der Waals surface area contributed by atoms with Gasteiger partial charge in [-0.15, -0.1) is 0 Å². The zero-order valence-corrected chi connectivity index (χ0v) is 16.2. The highest BCUT2D eigenvalue weighted by molar-refractivity contribution is 6.11. The van der Waals surface area contributed by atoms with E-state index in [0.717, 1.165) is 34.4 Å². The van der Waals surface area contributed by atoms with Crippen LogP contribution in [0.5, 0.6) is 11.5 Å². The molecule has 0 fully saturated rings. The largest absolute Gasteiger partial charge is 0.508 e. The molecule has 3 aromatic carbocycles. The van der Waals surface area contributed by atoms with Crippen molar-refractivity contribution in [3.8, 4) is 11.5 Å². The molecule has 0 atom stereocenters. The van der Waals surface area contributed by atoms with Gasteiger partial charge in [-0.25, -0.2) is 0 Å². The number of amides is 1. The Bertz CT molecular complexity index is 1050. The van der Waals surface area contributed by atoms with Crippen molar-refractivity contribution in [1.29, 1.82) is 0 Å². The Morgan fingerprint density at radius 1 is 0.857 bits per heavy atom. The summed E-state index contributed by atoms with van der Waals surface area (Å²) in [5, 5.41) is 23.1. The van der Waals surface area contributed by atoms with Crippen LogP contribution in [0.1, 0.15) is 40.3 Å². The summed E-state index contributed by atoms with van der Waals surface area (Å²) in [6, 6.07) is 16.7. The predicted molar refractivity (Wildman–Crippen MR) is 110 cm³/mol. The summed E-state index contributed by atoms with van der Waals surface area (Å²) in [5.41, 5.74) is 4.78. The fraction of sp³-hybridized carbons (Fsp3) is 0.208. The fourth-order valence-corrected chi connectivity index (χ4v) is 4.09. The lowest BCUT2D eigenvalue weighted by molar-refractivity contribution is -0.118.